The van der Waals surface area contributed by atoms with Crippen molar-refractivity contribution < 1.29 is 9.53 Å². The highest BCUT2D eigenvalue weighted by Gasteiger charge is 2.13. The Morgan fingerprint density at radius 3 is 2.75 bits per heavy atom. The van der Waals surface area contributed by atoms with Crippen molar-refractivity contribution >= 4 is 27.7 Å². The Hall–Kier alpha value is -1.82. The molecule has 0 bridgehead atoms. The van der Waals surface area contributed by atoms with Crippen LogP contribution >= 0.6 is 15.9 Å². The molecule has 5 nitrogen and oxygen atoms in total. The molecular formula is C14H16BrN3O2. The van der Waals surface area contributed by atoms with Crippen molar-refractivity contribution in [3.05, 3.63) is 40.0 Å². The van der Waals surface area contributed by atoms with Crippen molar-refractivity contribution in [1.29, 1.82) is 0 Å². The molecule has 6 heteroatoms. The molecular weight excluding hydrogens is 322 g/mol. The van der Waals surface area contributed by atoms with Crippen LogP contribution in [0.25, 0.3) is 0 Å². The molecule has 1 heterocycles. The average molecular weight is 338 g/mol. The normalized spacial score (nSPS) is 10.7. The lowest BCUT2D eigenvalue weighted by molar-refractivity contribution is 0.102. The molecule has 1 aromatic heterocycles. The van der Waals surface area contributed by atoms with Crippen molar-refractivity contribution in [3.8, 4) is 5.75 Å². The summed E-state index contributed by atoms with van der Waals surface area (Å²) in [7, 11) is 1.56. The van der Waals surface area contributed by atoms with E-state index in [1.165, 1.54) is 0 Å². The first kappa shape index (κ1) is 14.6. The zero-order valence-electron chi connectivity index (χ0n) is 11.5. The molecule has 0 saturated heterocycles. The lowest BCUT2D eigenvalue weighted by Gasteiger charge is -2.06. The van der Waals surface area contributed by atoms with E-state index >= 15 is 0 Å². The summed E-state index contributed by atoms with van der Waals surface area (Å²) in [5.74, 6) is 1.23. The second-order valence-corrected chi connectivity index (χ2v) is 5.52. The van der Waals surface area contributed by atoms with Crippen LogP contribution in [0, 0.1) is 0 Å². The first-order valence-corrected chi connectivity index (χ1v) is 7.00. The molecule has 2 N–H and O–H groups in total. The molecule has 2 aromatic rings. The van der Waals surface area contributed by atoms with Gasteiger partial charge in [0.1, 0.15) is 5.75 Å². The lowest BCUT2D eigenvalue weighted by atomic mass is 10.1. The Morgan fingerprint density at radius 1 is 1.40 bits per heavy atom. The molecule has 20 heavy (non-hydrogen) atoms. The number of rotatable bonds is 4. The molecule has 0 radical (unpaired) electrons. The number of carbonyl (C=O) groups excluding carboxylic acids is 1. The smallest absolute Gasteiger partial charge is 0.258 e. The number of H-pyrrole nitrogens is 1. The van der Waals surface area contributed by atoms with Crippen molar-refractivity contribution in [2.24, 2.45) is 0 Å². The zero-order chi connectivity index (χ0) is 14.7. The van der Waals surface area contributed by atoms with Gasteiger partial charge in [0, 0.05) is 16.2 Å². The van der Waals surface area contributed by atoms with E-state index in [0.29, 0.717) is 27.5 Å². The van der Waals surface area contributed by atoms with Crippen molar-refractivity contribution in [1.82, 2.24) is 10.2 Å². The van der Waals surface area contributed by atoms with Crippen LogP contribution in [0.5, 0.6) is 5.75 Å². The number of ether oxygens (including phenoxy) is 1. The summed E-state index contributed by atoms with van der Waals surface area (Å²) in [6, 6.07) is 7.07. The maximum atomic E-state index is 12.2. The monoisotopic (exact) mass is 337 g/mol. The molecule has 0 aliphatic heterocycles. The van der Waals surface area contributed by atoms with E-state index in [0.717, 1.165) is 5.69 Å². The standard InChI is InChI=1S/C14H16BrN3O2/c1-8(2)12-7-13(18-17-12)16-14(19)10-6-9(20-3)4-5-11(10)15/h4-8H,1-3H3,(H2,16,17,18,19). The van der Waals surface area contributed by atoms with E-state index in [4.69, 9.17) is 4.74 Å². The predicted molar refractivity (Wildman–Crippen MR) is 81.3 cm³/mol. The minimum absolute atomic E-state index is 0.238. The molecule has 0 saturated carbocycles. The Labute approximate surface area is 125 Å². The van der Waals surface area contributed by atoms with Gasteiger partial charge in [0.25, 0.3) is 5.91 Å². The molecule has 0 atom stereocenters. The average Bonchev–Trinajstić information content (AvgIpc) is 2.88. The van der Waals surface area contributed by atoms with E-state index < -0.39 is 0 Å². The fourth-order valence-electron chi connectivity index (χ4n) is 1.69. The third-order valence-corrected chi connectivity index (χ3v) is 3.57. The number of nitrogens with zero attached hydrogens (tertiary/aromatic N) is 1. The first-order valence-electron chi connectivity index (χ1n) is 6.21. The number of nitrogens with one attached hydrogen (secondary N) is 2. The fraction of sp³-hybridized carbons (Fsp3) is 0.286. The summed E-state index contributed by atoms with van der Waals surface area (Å²) < 4.78 is 5.83. The van der Waals surface area contributed by atoms with E-state index in [-0.39, 0.29) is 5.91 Å². The molecule has 1 aromatic carbocycles. The van der Waals surface area contributed by atoms with Crippen LogP contribution in [0.4, 0.5) is 5.82 Å². The second kappa shape index (κ2) is 6.09. The summed E-state index contributed by atoms with van der Waals surface area (Å²) >= 11 is 3.36. The van der Waals surface area contributed by atoms with E-state index in [1.807, 2.05) is 6.07 Å². The molecule has 106 valence electrons. The number of halogens is 1. The third-order valence-electron chi connectivity index (χ3n) is 2.88. The van der Waals surface area contributed by atoms with Crippen LogP contribution < -0.4 is 10.1 Å². The molecule has 2 rings (SSSR count). The van der Waals surface area contributed by atoms with Crippen LogP contribution in [0.1, 0.15) is 35.8 Å². The number of amides is 1. The van der Waals surface area contributed by atoms with Gasteiger partial charge in [-0.25, -0.2) is 0 Å². The lowest BCUT2D eigenvalue weighted by Crippen LogP contribution is -2.13. The van der Waals surface area contributed by atoms with Crippen molar-refractivity contribution in [2.45, 2.75) is 19.8 Å². The number of anilines is 1. The number of carbonyl (C=O) groups is 1. The van der Waals surface area contributed by atoms with Crippen LogP contribution in [0.15, 0.2) is 28.7 Å². The second-order valence-electron chi connectivity index (χ2n) is 4.66. The molecule has 0 aliphatic rings. The summed E-state index contributed by atoms with van der Waals surface area (Å²) in [4.78, 5) is 12.2. The van der Waals surface area contributed by atoms with Gasteiger partial charge in [-0.2, -0.15) is 5.10 Å². The quantitative estimate of drug-likeness (QED) is 0.896. The number of aromatic nitrogens is 2. The Kier molecular flexibility index (Phi) is 4.44. The van der Waals surface area contributed by atoms with Gasteiger partial charge in [0.2, 0.25) is 0 Å². The summed E-state index contributed by atoms with van der Waals surface area (Å²) in [5.41, 5.74) is 1.48. The summed E-state index contributed by atoms with van der Waals surface area (Å²) in [6.07, 6.45) is 0. The van der Waals surface area contributed by atoms with Crippen LogP contribution in [0.2, 0.25) is 0 Å². The van der Waals surface area contributed by atoms with E-state index in [1.54, 1.807) is 25.3 Å². The van der Waals surface area contributed by atoms with Gasteiger partial charge in [-0.05, 0) is 40.0 Å². The highest BCUT2D eigenvalue weighted by Crippen LogP contribution is 2.23. The number of aromatic amines is 1. The largest absolute Gasteiger partial charge is 0.497 e. The Morgan fingerprint density at radius 2 is 2.15 bits per heavy atom. The van der Waals surface area contributed by atoms with Gasteiger partial charge in [-0.1, -0.05) is 13.8 Å². The SMILES string of the molecule is COc1ccc(Br)c(C(=O)Nc2cc(C(C)C)[nH]n2)c1. The topological polar surface area (TPSA) is 67.0 Å². The zero-order valence-corrected chi connectivity index (χ0v) is 13.1. The molecule has 0 aliphatic carbocycles. The number of hydrogen-bond acceptors (Lipinski definition) is 3. The van der Waals surface area contributed by atoms with E-state index in [2.05, 4.69) is 45.3 Å². The molecule has 1 amide bonds. The van der Waals surface area contributed by atoms with Gasteiger partial charge < -0.3 is 10.1 Å². The maximum Gasteiger partial charge on any atom is 0.258 e. The minimum Gasteiger partial charge on any atom is -0.497 e. The highest BCUT2D eigenvalue weighted by atomic mass is 79.9. The number of benzene rings is 1. The third kappa shape index (κ3) is 3.19. The van der Waals surface area contributed by atoms with Gasteiger partial charge in [0.05, 0.1) is 12.7 Å². The van der Waals surface area contributed by atoms with Gasteiger partial charge in [-0.15, -0.1) is 0 Å². The number of methoxy groups -OCH3 is 1. The molecule has 0 spiro atoms. The van der Waals surface area contributed by atoms with Gasteiger partial charge >= 0.3 is 0 Å². The molecule has 0 fully saturated rings. The Balaban J connectivity index is 2.19. The molecule has 0 unspecified atom stereocenters. The van der Waals surface area contributed by atoms with Crippen LogP contribution in [0.3, 0.4) is 0 Å². The van der Waals surface area contributed by atoms with Crippen LogP contribution in [-0.4, -0.2) is 23.2 Å². The highest BCUT2D eigenvalue weighted by molar-refractivity contribution is 9.10. The van der Waals surface area contributed by atoms with Gasteiger partial charge in [0.15, 0.2) is 5.82 Å². The van der Waals surface area contributed by atoms with Crippen LogP contribution in [-0.2, 0) is 0 Å². The first-order chi connectivity index (χ1) is 9.51. The summed E-state index contributed by atoms with van der Waals surface area (Å²) in [5, 5.41) is 9.73. The maximum absolute atomic E-state index is 12.2. The summed E-state index contributed by atoms with van der Waals surface area (Å²) in [6.45, 7) is 4.11. The number of hydrogen-bond donors (Lipinski definition) is 2. The van der Waals surface area contributed by atoms with E-state index in [9.17, 15) is 4.79 Å². The van der Waals surface area contributed by atoms with Crippen molar-refractivity contribution in [3.63, 3.8) is 0 Å². The minimum atomic E-state index is -0.238. The predicted octanol–water partition coefficient (Wildman–Crippen LogP) is 3.56. The van der Waals surface area contributed by atoms with Crippen molar-refractivity contribution in [2.75, 3.05) is 12.4 Å². The van der Waals surface area contributed by atoms with Gasteiger partial charge in [-0.3, -0.25) is 9.89 Å². The fourth-order valence-corrected chi connectivity index (χ4v) is 2.11. The Bertz CT molecular complexity index is 623.